The van der Waals surface area contributed by atoms with Crippen LogP contribution in [0.5, 0.6) is 0 Å². The molecule has 1 amide bonds. The van der Waals surface area contributed by atoms with E-state index in [4.69, 9.17) is 5.26 Å². The molecule has 19 heavy (non-hydrogen) atoms. The molecule has 0 aliphatic heterocycles. The van der Waals surface area contributed by atoms with Crippen molar-refractivity contribution in [1.29, 1.82) is 5.26 Å². The molecule has 3 nitrogen and oxygen atoms in total. The molecule has 1 aromatic rings. The third-order valence-electron chi connectivity index (χ3n) is 3.67. The van der Waals surface area contributed by atoms with Gasteiger partial charge in [0.05, 0.1) is 6.07 Å². The van der Waals surface area contributed by atoms with Gasteiger partial charge in [-0.2, -0.15) is 5.26 Å². The Morgan fingerprint density at radius 3 is 2.32 bits per heavy atom. The molecule has 1 fully saturated rings. The van der Waals surface area contributed by atoms with Crippen molar-refractivity contribution in [3.8, 4) is 6.07 Å². The number of hydrogen-bond donors (Lipinski definition) is 1. The van der Waals surface area contributed by atoms with Crippen LogP contribution in [0.1, 0.15) is 44.7 Å². The molecular formula is C16H20N2O. The summed E-state index contributed by atoms with van der Waals surface area (Å²) in [4.78, 5) is 11.8. The lowest BCUT2D eigenvalue weighted by atomic mass is 9.87. The van der Waals surface area contributed by atoms with E-state index in [9.17, 15) is 4.79 Å². The molecule has 1 N–H and O–H groups in total. The van der Waals surface area contributed by atoms with Crippen molar-refractivity contribution in [3.05, 3.63) is 35.4 Å². The highest BCUT2D eigenvalue weighted by Gasteiger charge is 2.50. The molecule has 1 saturated carbocycles. The van der Waals surface area contributed by atoms with Crippen LogP contribution in [0.3, 0.4) is 0 Å². The number of rotatable bonds is 3. The molecule has 0 bridgehead atoms. The molecule has 100 valence electrons. The van der Waals surface area contributed by atoms with Gasteiger partial charge in [0.1, 0.15) is 5.41 Å². The maximum absolute atomic E-state index is 11.8. The van der Waals surface area contributed by atoms with E-state index in [-0.39, 0.29) is 11.3 Å². The fourth-order valence-corrected chi connectivity index (χ4v) is 1.99. The zero-order valence-electron chi connectivity index (χ0n) is 11.8. The van der Waals surface area contributed by atoms with Crippen molar-refractivity contribution in [3.63, 3.8) is 0 Å². The van der Waals surface area contributed by atoms with E-state index < -0.39 is 5.41 Å². The number of benzene rings is 1. The average Bonchev–Trinajstić information content (AvgIpc) is 3.16. The largest absolute Gasteiger partial charge is 0.351 e. The predicted molar refractivity (Wildman–Crippen MR) is 74.3 cm³/mol. The molecule has 1 aliphatic rings. The van der Waals surface area contributed by atoms with Crippen LogP contribution in [0, 0.1) is 16.7 Å². The number of nitriles is 1. The summed E-state index contributed by atoms with van der Waals surface area (Å²) in [5.41, 5.74) is 1.75. The summed E-state index contributed by atoms with van der Waals surface area (Å²) in [7, 11) is 0. The van der Waals surface area contributed by atoms with Crippen LogP contribution in [0.15, 0.2) is 24.3 Å². The minimum Gasteiger partial charge on any atom is -0.351 e. The molecule has 0 aromatic heterocycles. The minimum absolute atomic E-state index is 0.130. The van der Waals surface area contributed by atoms with E-state index in [0.29, 0.717) is 19.4 Å². The van der Waals surface area contributed by atoms with Crippen molar-refractivity contribution in [2.24, 2.45) is 5.41 Å². The molecule has 0 spiro atoms. The first-order chi connectivity index (χ1) is 8.87. The van der Waals surface area contributed by atoms with Crippen molar-refractivity contribution in [2.45, 2.75) is 45.6 Å². The summed E-state index contributed by atoms with van der Waals surface area (Å²) < 4.78 is 0. The van der Waals surface area contributed by atoms with Crippen LogP contribution >= 0.6 is 0 Å². The maximum atomic E-state index is 11.8. The van der Waals surface area contributed by atoms with E-state index in [2.05, 4.69) is 44.3 Å². The molecule has 0 saturated heterocycles. The van der Waals surface area contributed by atoms with E-state index in [1.165, 1.54) is 5.56 Å². The third kappa shape index (κ3) is 2.96. The number of hydrogen-bond acceptors (Lipinski definition) is 2. The van der Waals surface area contributed by atoms with Crippen LogP contribution in [-0.2, 0) is 16.8 Å². The molecular weight excluding hydrogens is 236 g/mol. The summed E-state index contributed by atoms with van der Waals surface area (Å²) in [6.45, 7) is 7.02. The Kier molecular flexibility index (Phi) is 3.36. The van der Waals surface area contributed by atoms with Gasteiger partial charge in [0.2, 0.25) is 5.91 Å². The zero-order chi connectivity index (χ0) is 14.1. The summed E-state index contributed by atoms with van der Waals surface area (Å²) in [5.74, 6) is -0.130. The Balaban J connectivity index is 1.94. The number of nitrogens with one attached hydrogen (secondary N) is 1. The highest BCUT2D eigenvalue weighted by atomic mass is 16.2. The fraction of sp³-hybridized carbons (Fsp3) is 0.500. The summed E-state index contributed by atoms with van der Waals surface area (Å²) in [6, 6.07) is 10.4. The fourth-order valence-electron chi connectivity index (χ4n) is 1.99. The Bertz CT molecular complexity index is 513. The van der Waals surface area contributed by atoms with Gasteiger partial charge in [-0.25, -0.2) is 0 Å². The lowest BCUT2D eigenvalue weighted by Crippen LogP contribution is -2.30. The molecule has 2 rings (SSSR count). The van der Waals surface area contributed by atoms with E-state index in [1.807, 2.05) is 12.1 Å². The van der Waals surface area contributed by atoms with Gasteiger partial charge in [-0.15, -0.1) is 0 Å². The third-order valence-corrected chi connectivity index (χ3v) is 3.67. The van der Waals surface area contributed by atoms with Crippen molar-refractivity contribution < 1.29 is 4.79 Å². The molecule has 0 heterocycles. The summed E-state index contributed by atoms with van der Waals surface area (Å²) >= 11 is 0. The SMILES string of the molecule is CC(C)(C)c1ccc(CNC(=O)C2(C#N)CC2)cc1. The summed E-state index contributed by atoms with van der Waals surface area (Å²) in [5, 5.41) is 11.8. The number of nitrogens with zero attached hydrogens (tertiary/aromatic N) is 1. The molecule has 3 heteroatoms. The minimum atomic E-state index is -0.731. The molecule has 1 aromatic carbocycles. The number of amides is 1. The van der Waals surface area contributed by atoms with Crippen molar-refractivity contribution in [1.82, 2.24) is 5.32 Å². The number of carbonyl (C=O) groups is 1. The van der Waals surface area contributed by atoms with E-state index in [1.54, 1.807) is 0 Å². The van der Waals surface area contributed by atoms with Gasteiger partial charge in [-0.3, -0.25) is 4.79 Å². The smallest absolute Gasteiger partial charge is 0.240 e. The van der Waals surface area contributed by atoms with Crippen LogP contribution in [0.25, 0.3) is 0 Å². The highest BCUT2D eigenvalue weighted by Crippen LogP contribution is 2.45. The molecule has 1 aliphatic carbocycles. The predicted octanol–water partition coefficient (Wildman–Crippen LogP) is 2.90. The van der Waals surface area contributed by atoms with Gasteiger partial charge in [-0.05, 0) is 29.4 Å². The van der Waals surface area contributed by atoms with Crippen LogP contribution in [0.2, 0.25) is 0 Å². The number of carbonyl (C=O) groups excluding carboxylic acids is 1. The van der Waals surface area contributed by atoms with Crippen LogP contribution in [0.4, 0.5) is 0 Å². The first-order valence-corrected chi connectivity index (χ1v) is 6.66. The van der Waals surface area contributed by atoms with Gasteiger partial charge in [0.15, 0.2) is 0 Å². The Hall–Kier alpha value is -1.82. The monoisotopic (exact) mass is 256 g/mol. The quantitative estimate of drug-likeness (QED) is 0.904. The first kappa shape index (κ1) is 13.6. The van der Waals surface area contributed by atoms with Crippen molar-refractivity contribution in [2.75, 3.05) is 0 Å². The Morgan fingerprint density at radius 2 is 1.89 bits per heavy atom. The second-order valence-corrected chi connectivity index (χ2v) is 6.32. The molecule has 0 unspecified atom stereocenters. The average molecular weight is 256 g/mol. The Labute approximate surface area is 114 Å². The van der Waals surface area contributed by atoms with Gasteiger partial charge < -0.3 is 5.32 Å². The maximum Gasteiger partial charge on any atom is 0.240 e. The highest BCUT2D eigenvalue weighted by molar-refractivity contribution is 5.88. The van der Waals surface area contributed by atoms with Gasteiger partial charge in [0, 0.05) is 6.54 Å². The van der Waals surface area contributed by atoms with E-state index >= 15 is 0 Å². The Morgan fingerprint density at radius 1 is 1.32 bits per heavy atom. The normalized spacial score (nSPS) is 16.5. The molecule has 0 radical (unpaired) electrons. The lowest BCUT2D eigenvalue weighted by molar-refractivity contribution is -0.124. The second kappa shape index (κ2) is 4.70. The summed E-state index contributed by atoms with van der Waals surface area (Å²) in [6.07, 6.45) is 1.39. The zero-order valence-corrected chi connectivity index (χ0v) is 11.8. The molecule has 0 atom stereocenters. The second-order valence-electron chi connectivity index (χ2n) is 6.32. The van der Waals surface area contributed by atoms with Gasteiger partial charge in [-0.1, -0.05) is 45.0 Å². The van der Waals surface area contributed by atoms with Crippen LogP contribution in [-0.4, -0.2) is 5.91 Å². The van der Waals surface area contributed by atoms with E-state index in [0.717, 1.165) is 5.56 Å². The van der Waals surface area contributed by atoms with Crippen LogP contribution < -0.4 is 5.32 Å². The lowest BCUT2D eigenvalue weighted by Gasteiger charge is -2.19. The first-order valence-electron chi connectivity index (χ1n) is 6.66. The van der Waals surface area contributed by atoms with Gasteiger partial charge >= 0.3 is 0 Å². The van der Waals surface area contributed by atoms with Gasteiger partial charge in [0.25, 0.3) is 0 Å². The van der Waals surface area contributed by atoms with Crippen molar-refractivity contribution >= 4 is 5.91 Å². The topological polar surface area (TPSA) is 52.9 Å². The standard InChI is InChI=1S/C16H20N2O/c1-15(2,3)13-6-4-12(5-7-13)10-18-14(19)16(11-17)8-9-16/h4-7H,8-10H2,1-3H3,(H,18,19).